The average Bonchev–Trinajstić information content (AvgIpc) is 3.41. The second kappa shape index (κ2) is 11.9. The first-order valence-electron chi connectivity index (χ1n) is 13.4. The number of rotatable bonds is 8. The summed E-state index contributed by atoms with van der Waals surface area (Å²) in [4.78, 5) is 35.9. The normalized spacial score (nSPS) is 20.1. The monoisotopic (exact) mass is 491 g/mol. The first-order valence-corrected chi connectivity index (χ1v) is 13.4. The van der Waals surface area contributed by atoms with Crippen LogP contribution in [0.5, 0.6) is 0 Å². The van der Waals surface area contributed by atoms with E-state index in [0.717, 1.165) is 55.7 Å². The number of pyridine rings is 1. The molecule has 2 heterocycles. The van der Waals surface area contributed by atoms with Crippen LogP contribution in [0.1, 0.15) is 69.2 Å². The Kier molecular flexibility index (Phi) is 8.62. The van der Waals surface area contributed by atoms with Crippen LogP contribution in [0.3, 0.4) is 0 Å². The minimum atomic E-state index is -0.480. The maximum atomic E-state index is 14.0. The molecule has 1 saturated heterocycles. The summed E-state index contributed by atoms with van der Waals surface area (Å²) in [6.07, 6.45) is 7.23. The molecule has 0 unspecified atom stereocenters. The van der Waals surface area contributed by atoms with E-state index >= 15 is 0 Å². The van der Waals surface area contributed by atoms with Gasteiger partial charge in [-0.3, -0.25) is 9.59 Å². The van der Waals surface area contributed by atoms with Gasteiger partial charge >= 0.3 is 0 Å². The summed E-state index contributed by atoms with van der Waals surface area (Å²) in [5, 5.41) is 6.12. The zero-order chi connectivity index (χ0) is 25.7. The van der Waals surface area contributed by atoms with Gasteiger partial charge in [-0.2, -0.15) is 0 Å². The van der Waals surface area contributed by atoms with Crippen LogP contribution in [0, 0.1) is 12.8 Å². The maximum Gasteiger partial charge on any atom is 0.246 e. The third-order valence-electron chi connectivity index (χ3n) is 7.97. The molecule has 7 heteroatoms. The maximum absolute atomic E-state index is 14.0. The van der Waals surface area contributed by atoms with Gasteiger partial charge in [0.2, 0.25) is 11.8 Å². The van der Waals surface area contributed by atoms with Crippen LogP contribution in [-0.4, -0.2) is 54.4 Å². The highest BCUT2D eigenvalue weighted by molar-refractivity contribution is 5.90. The van der Waals surface area contributed by atoms with E-state index in [1.54, 1.807) is 7.05 Å². The number of amides is 2. The van der Waals surface area contributed by atoms with Gasteiger partial charge in [-0.25, -0.2) is 4.98 Å². The predicted molar refractivity (Wildman–Crippen MR) is 144 cm³/mol. The molecule has 1 aromatic carbocycles. The van der Waals surface area contributed by atoms with Gasteiger partial charge < -0.3 is 20.4 Å². The number of hydrogen-bond donors (Lipinski definition) is 2. The second-order valence-electron chi connectivity index (χ2n) is 10.4. The summed E-state index contributed by atoms with van der Waals surface area (Å²) < 4.78 is 0. The Morgan fingerprint density at radius 2 is 1.78 bits per heavy atom. The Hall–Kier alpha value is -2.93. The van der Waals surface area contributed by atoms with Crippen molar-refractivity contribution in [2.45, 2.75) is 76.9 Å². The van der Waals surface area contributed by atoms with E-state index in [1.165, 1.54) is 12.0 Å². The van der Waals surface area contributed by atoms with Crippen LogP contribution in [-0.2, 0) is 9.59 Å². The fourth-order valence-electron chi connectivity index (χ4n) is 5.65. The summed E-state index contributed by atoms with van der Waals surface area (Å²) in [6.45, 7) is 4.63. The van der Waals surface area contributed by atoms with Crippen molar-refractivity contribution in [1.82, 2.24) is 20.5 Å². The molecule has 0 radical (unpaired) electrons. The van der Waals surface area contributed by atoms with E-state index in [1.807, 2.05) is 49.2 Å². The largest absolute Gasteiger partial charge is 0.343 e. The molecule has 2 aliphatic rings. The van der Waals surface area contributed by atoms with E-state index in [-0.39, 0.29) is 29.8 Å². The van der Waals surface area contributed by atoms with E-state index in [0.29, 0.717) is 6.54 Å². The molecule has 194 valence electrons. The van der Waals surface area contributed by atoms with Crippen LogP contribution in [0.2, 0.25) is 0 Å². The van der Waals surface area contributed by atoms with Crippen molar-refractivity contribution >= 4 is 23.3 Å². The number of aryl methyl sites for hydroxylation is 1. The molecule has 2 amide bonds. The van der Waals surface area contributed by atoms with E-state index in [9.17, 15) is 9.59 Å². The molecule has 1 aromatic heterocycles. The second-order valence-corrected chi connectivity index (χ2v) is 10.4. The Labute approximate surface area is 215 Å². The number of benzene rings is 1. The number of likely N-dealkylation sites (tertiary alicyclic amines) is 1. The molecule has 2 aromatic rings. The van der Waals surface area contributed by atoms with Crippen LogP contribution in [0.4, 0.5) is 11.5 Å². The SMILES string of the molecule is CN[C@@H](C)C(=O)N[C@H](C(=O)N1CCC[C@H]1c1cccc(N(C)c2ccccc2C)n1)C1CCCCC1. The first-order chi connectivity index (χ1) is 17.4. The predicted octanol–water partition coefficient (Wildman–Crippen LogP) is 4.49. The molecule has 36 heavy (non-hydrogen) atoms. The topological polar surface area (TPSA) is 77.6 Å². The van der Waals surface area contributed by atoms with Crippen molar-refractivity contribution in [1.29, 1.82) is 0 Å². The smallest absolute Gasteiger partial charge is 0.246 e. The summed E-state index contributed by atoms with van der Waals surface area (Å²) in [5.41, 5.74) is 3.21. The lowest BCUT2D eigenvalue weighted by Crippen LogP contribution is -2.55. The lowest BCUT2D eigenvalue weighted by atomic mass is 9.83. The van der Waals surface area contributed by atoms with Gasteiger partial charge in [0, 0.05) is 19.3 Å². The van der Waals surface area contributed by atoms with Gasteiger partial charge in [0.15, 0.2) is 0 Å². The molecule has 0 spiro atoms. The van der Waals surface area contributed by atoms with Crippen molar-refractivity contribution < 1.29 is 9.59 Å². The quantitative estimate of drug-likeness (QED) is 0.569. The minimum Gasteiger partial charge on any atom is -0.343 e. The number of anilines is 2. The Balaban J connectivity index is 1.57. The van der Waals surface area contributed by atoms with Crippen molar-refractivity contribution in [2.75, 3.05) is 25.5 Å². The fraction of sp³-hybridized carbons (Fsp3) is 0.552. The van der Waals surface area contributed by atoms with E-state index < -0.39 is 6.04 Å². The molecular formula is C29H41N5O2. The summed E-state index contributed by atoms with van der Waals surface area (Å²) >= 11 is 0. The molecule has 0 bridgehead atoms. The fourth-order valence-corrected chi connectivity index (χ4v) is 5.65. The average molecular weight is 492 g/mol. The third kappa shape index (κ3) is 5.72. The van der Waals surface area contributed by atoms with E-state index in [2.05, 4.69) is 34.6 Å². The summed E-state index contributed by atoms with van der Waals surface area (Å²) in [5.74, 6) is 0.978. The lowest BCUT2D eigenvalue weighted by Gasteiger charge is -2.35. The van der Waals surface area contributed by atoms with Crippen LogP contribution in [0.25, 0.3) is 0 Å². The molecule has 1 aliphatic carbocycles. The minimum absolute atomic E-state index is 0.0421. The Bertz CT molecular complexity index is 1050. The number of nitrogens with zero attached hydrogens (tertiary/aromatic N) is 3. The molecule has 7 nitrogen and oxygen atoms in total. The third-order valence-corrected chi connectivity index (χ3v) is 7.97. The number of carbonyl (C=O) groups is 2. The number of aromatic nitrogens is 1. The Morgan fingerprint density at radius 1 is 1.03 bits per heavy atom. The highest BCUT2D eigenvalue weighted by Gasteiger charge is 2.39. The Morgan fingerprint density at radius 3 is 2.50 bits per heavy atom. The van der Waals surface area contributed by atoms with Crippen LogP contribution in [0.15, 0.2) is 42.5 Å². The number of carbonyl (C=O) groups excluding carboxylic acids is 2. The van der Waals surface area contributed by atoms with Gasteiger partial charge in [-0.15, -0.1) is 0 Å². The summed E-state index contributed by atoms with van der Waals surface area (Å²) in [7, 11) is 3.80. The zero-order valence-electron chi connectivity index (χ0n) is 22.2. The van der Waals surface area contributed by atoms with Gasteiger partial charge in [-0.1, -0.05) is 43.5 Å². The van der Waals surface area contributed by atoms with Crippen molar-refractivity contribution in [3.8, 4) is 0 Å². The van der Waals surface area contributed by atoms with Gasteiger partial charge in [0.1, 0.15) is 11.9 Å². The van der Waals surface area contributed by atoms with Crippen LogP contribution >= 0.6 is 0 Å². The van der Waals surface area contributed by atoms with Crippen molar-refractivity contribution in [2.24, 2.45) is 5.92 Å². The molecular weight excluding hydrogens is 450 g/mol. The summed E-state index contributed by atoms with van der Waals surface area (Å²) in [6, 6.07) is 13.5. The van der Waals surface area contributed by atoms with Gasteiger partial charge in [0.05, 0.1) is 17.8 Å². The molecule has 3 atom stereocenters. The van der Waals surface area contributed by atoms with Gasteiger partial charge in [0.25, 0.3) is 0 Å². The first kappa shape index (κ1) is 26.1. The van der Waals surface area contributed by atoms with Crippen molar-refractivity contribution in [3.63, 3.8) is 0 Å². The molecule has 2 fully saturated rings. The van der Waals surface area contributed by atoms with Crippen LogP contribution < -0.4 is 15.5 Å². The van der Waals surface area contributed by atoms with E-state index in [4.69, 9.17) is 4.98 Å². The molecule has 4 rings (SSSR count). The van der Waals surface area contributed by atoms with Gasteiger partial charge in [-0.05, 0) is 76.3 Å². The molecule has 1 aliphatic heterocycles. The van der Waals surface area contributed by atoms with Crippen molar-refractivity contribution in [3.05, 3.63) is 53.7 Å². The highest BCUT2D eigenvalue weighted by Crippen LogP contribution is 2.35. The standard InChI is InChI=1S/C29H41N5O2/c1-20-12-8-9-16-24(20)33(4)26-18-10-15-23(31-26)25-17-11-19-34(25)29(36)27(22-13-6-5-7-14-22)32-28(35)21(2)30-3/h8-10,12,15-16,18,21-22,25,27,30H,5-7,11,13-14,17,19H2,1-4H3,(H,32,35)/t21-,25-,27-/m0/s1. The number of likely N-dealkylation sites (N-methyl/N-ethyl adjacent to an activating group) is 1. The highest BCUT2D eigenvalue weighted by atomic mass is 16.2. The zero-order valence-corrected chi connectivity index (χ0v) is 22.2. The molecule has 1 saturated carbocycles. The number of para-hydroxylation sites is 1. The molecule has 2 N–H and O–H groups in total. The number of nitrogens with one attached hydrogen (secondary N) is 2. The lowest BCUT2D eigenvalue weighted by molar-refractivity contribution is -0.139. The number of hydrogen-bond acceptors (Lipinski definition) is 5.